The Labute approximate surface area is 49.5 Å². The van der Waals surface area contributed by atoms with Crippen molar-refractivity contribution in [2.75, 3.05) is 0 Å². The van der Waals surface area contributed by atoms with Gasteiger partial charge in [0.05, 0.1) is 6.10 Å². The summed E-state index contributed by atoms with van der Waals surface area (Å²) in [6.07, 6.45) is 0.728. The van der Waals surface area contributed by atoms with Crippen molar-refractivity contribution in [3.8, 4) is 0 Å². The molecule has 0 radical (unpaired) electrons. The first-order chi connectivity index (χ1) is 3.70. The third kappa shape index (κ3) is 1.01. The van der Waals surface area contributed by atoms with Crippen molar-refractivity contribution in [2.24, 2.45) is 5.92 Å². The van der Waals surface area contributed by atoms with E-state index in [1.807, 2.05) is 13.8 Å². The lowest BCUT2D eigenvalue weighted by molar-refractivity contribution is -0.101. The van der Waals surface area contributed by atoms with Gasteiger partial charge in [0.1, 0.15) is 0 Å². The lowest BCUT2D eigenvalue weighted by Crippen LogP contribution is -2.11. The molecule has 0 aromatic rings. The van der Waals surface area contributed by atoms with Gasteiger partial charge in [0, 0.05) is 5.92 Å². The van der Waals surface area contributed by atoms with Gasteiger partial charge in [-0.3, -0.25) is 0 Å². The second-order valence-electron chi connectivity index (χ2n) is 2.55. The van der Waals surface area contributed by atoms with Gasteiger partial charge in [-0.05, 0) is 13.3 Å². The van der Waals surface area contributed by atoms with Gasteiger partial charge in [-0.2, -0.15) is 0 Å². The minimum atomic E-state index is -0.509. The maximum atomic E-state index is 8.95. The molecule has 2 nitrogen and oxygen atoms in total. The summed E-state index contributed by atoms with van der Waals surface area (Å²) in [5.74, 6) is 0.324. The van der Waals surface area contributed by atoms with Crippen LogP contribution in [-0.2, 0) is 4.74 Å². The average molecular weight is 116 g/mol. The van der Waals surface area contributed by atoms with Crippen LogP contribution in [0.25, 0.3) is 0 Å². The smallest absolute Gasteiger partial charge is 0.157 e. The number of rotatable bonds is 0. The maximum Gasteiger partial charge on any atom is 0.157 e. The second kappa shape index (κ2) is 2.03. The molecule has 0 bridgehead atoms. The molecule has 8 heavy (non-hydrogen) atoms. The van der Waals surface area contributed by atoms with E-state index in [2.05, 4.69) is 0 Å². The molecule has 0 spiro atoms. The fraction of sp³-hybridized carbons (Fsp3) is 1.00. The minimum absolute atomic E-state index is 0.250. The van der Waals surface area contributed by atoms with E-state index in [1.54, 1.807) is 0 Å². The molecule has 1 aliphatic heterocycles. The quantitative estimate of drug-likeness (QED) is 0.506. The molecular formula is C6H12O2. The van der Waals surface area contributed by atoms with Crippen molar-refractivity contribution in [2.45, 2.75) is 32.7 Å². The summed E-state index contributed by atoms with van der Waals surface area (Å²) in [6.45, 7) is 3.97. The summed E-state index contributed by atoms with van der Waals surface area (Å²) in [5.41, 5.74) is 0. The van der Waals surface area contributed by atoms with Crippen LogP contribution in [0.1, 0.15) is 20.3 Å². The highest BCUT2D eigenvalue weighted by molar-refractivity contribution is 4.68. The zero-order valence-electron chi connectivity index (χ0n) is 5.29. The molecule has 1 heterocycles. The number of hydrogen-bond acceptors (Lipinski definition) is 2. The van der Waals surface area contributed by atoms with Crippen molar-refractivity contribution in [1.82, 2.24) is 0 Å². The normalized spacial score (nSPS) is 47.6. The Hall–Kier alpha value is -0.0800. The van der Waals surface area contributed by atoms with Crippen LogP contribution in [0.4, 0.5) is 0 Å². The Balaban J connectivity index is 2.39. The van der Waals surface area contributed by atoms with Crippen LogP contribution in [-0.4, -0.2) is 17.5 Å². The fourth-order valence-corrected chi connectivity index (χ4v) is 1.07. The van der Waals surface area contributed by atoms with Crippen molar-refractivity contribution < 1.29 is 9.84 Å². The lowest BCUT2D eigenvalue weighted by Gasteiger charge is -2.04. The first kappa shape index (κ1) is 6.05. The SMILES string of the molecule is CC1CC(C)C(O)O1. The third-order valence-electron chi connectivity index (χ3n) is 1.56. The van der Waals surface area contributed by atoms with Crippen LogP contribution < -0.4 is 0 Å². The molecule has 0 aromatic heterocycles. The molecule has 1 aliphatic rings. The first-order valence-electron chi connectivity index (χ1n) is 3.03. The molecule has 1 saturated heterocycles. The predicted octanol–water partition coefficient (Wildman–Crippen LogP) is 0.750. The average Bonchev–Trinajstić information content (AvgIpc) is 1.85. The summed E-state index contributed by atoms with van der Waals surface area (Å²) in [7, 11) is 0. The van der Waals surface area contributed by atoms with Gasteiger partial charge < -0.3 is 9.84 Å². The number of aliphatic hydroxyl groups is 1. The van der Waals surface area contributed by atoms with Gasteiger partial charge in [0.25, 0.3) is 0 Å². The Morgan fingerprint density at radius 2 is 2.12 bits per heavy atom. The Bertz CT molecular complexity index is 72.6. The zero-order valence-corrected chi connectivity index (χ0v) is 5.29. The molecule has 3 unspecified atom stereocenters. The Morgan fingerprint density at radius 1 is 1.50 bits per heavy atom. The van der Waals surface area contributed by atoms with Gasteiger partial charge >= 0.3 is 0 Å². The molecular weight excluding hydrogens is 104 g/mol. The van der Waals surface area contributed by atoms with E-state index in [1.165, 1.54) is 0 Å². The second-order valence-corrected chi connectivity index (χ2v) is 2.55. The molecule has 0 saturated carbocycles. The molecule has 2 heteroatoms. The molecule has 0 aromatic carbocycles. The van der Waals surface area contributed by atoms with E-state index >= 15 is 0 Å². The summed E-state index contributed by atoms with van der Waals surface area (Å²) in [6, 6.07) is 0. The first-order valence-corrected chi connectivity index (χ1v) is 3.03. The van der Waals surface area contributed by atoms with E-state index < -0.39 is 6.29 Å². The lowest BCUT2D eigenvalue weighted by atomic mass is 10.1. The van der Waals surface area contributed by atoms with Crippen LogP contribution in [0.3, 0.4) is 0 Å². The van der Waals surface area contributed by atoms with Crippen LogP contribution >= 0.6 is 0 Å². The van der Waals surface area contributed by atoms with E-state index in [9.17, 15) is 0 Å². The summed E-state index contributed by atoms with van der Waals surface area (Å²) < 4.78 is 5.03. The van der Waals surface area contributed by atoms with Crippen LogP contribution in [0, 0.1) is 5.92 Å². The van der Waals surface area contributed by atoms with Crippen LogP contribution in [0.15, 0.2) is 0 Å². The largest absolute Gasteiger partial charge is 0.368 e. The van der Waals surface area contributed by atoms with E-state index in [4.69, 9.17) is 9.84 Å². The monoisotopic (exact) mass is 116 g/mol. The molecule has 3 atom stereocenters. The maximum absolute atomic E-state index is 8.95. The summed E-state index contributed by atoms with van der Waals surface area (Å²) >= 11 is 0. The number of ether oxygens (including phenoxy) is 1. The van der Waals surface area contributed by atoms with Crippen molar-refractivity contribution in [1.29, 1.82) is 0 Å². The molecule has 1 N–H and O–H groups in total. The van der Waals surface area contributed by atoms with Gasteiger partial charge in [-0.25, -0.2) is 0 Å². The van der Waals surface area contributed by atoms with Crippen LogP contribution in [0.2, 0.25) is 0 Å². The van der Waals surface area contributed by atoms with Crippen LogP contribution in [0.5, 0.6) is 0 Å². The number of hydrogen-bond donors (Lipinski definition) is 1. The van der Waals surface area contributed by atoms with E-state index in [-0.39, 0.29) is 6.10 Å². The molecule has 48 valence electrons. The van der Waals surface area contributed by atoms with Gasteiger partial charge in [-0.1, -0.05) is 6.92 Å². The summed E-state index contributed by atoms with van der Waals surface area (Å²) in [5, 5.41) is 8.95. The van der Waals surface area contributed by atoms with Crippen molar-refractivity contribution in [3.63, 3.8) is 0 Å². The third-order valence-corrected chi connectivity index (χ3v) is 1.56. The number of aliphatic hydroxyl groups excluding tert-OH is 1. The highest BCUT2D eigenvalue weighted by Crippen LogP contribution is 2.23. The minimum Gasteiger partial charge on any atom is -0.368 e. The van der Waals surface area contributed by atoms with Crippen molar-refractivity contribution in [3.05, 3.63) is 0 Å². The van der Waals surface area contributed by atoms with E-state index in [0.717, 1.165) is 6.42 Å². The fourth-order valence-electron chi connectivity index (χ4n) is 1.07. The zero-order chi connectivity index (χ0) is 6.15. The molecule has 0 amide bonds. The standard InChI is InChI=1S/C6H12O2/c1-4-3-5(2)8-6(4)7/h4-7H,3H2,1-2H3. The summed E-state index contributed by atoms with van der Waals surface area (Å²) in [4.78, 5) is 0. The van der Waals surface area contributed by atoms with Gasteiger partial charge in [-0.15, -0.1) is 0 Å². The molecule has 1 fully saturated rings. The predicted molar refractivity (Wildman–Crippen MR) is 30.3 cm³/mol. The molecule has 1 rings (SSSR count). The molecule has 0 aliphatic carbocycles. The highest BCUT2D eigenvalue weighted by Gasteiger charge is 2.26. The van der Waals surface area contributed by atoms with Gasteiger partial charge in [0.15, 0.2) is 6.29 Å². The topological polar surface area (TPSA) is 29.5 Å². The highest BCUT2D eigenvalue weighted by atomic mass is 16.6. The van der Waals surface area contributed by atoms with Crippen molar-refractivity contribution >= 4 is 0 Å². The van der Waals surface area contributed by atoms with Gasteiger partial charge in [0.2, 0.25) is 0 Å². The van der Waals surface area contributed by atoms with E-state index in [0.29, 0.717) is 5.92 Å². The Morgan fingerprint density at radius 3 is 2.25 bits per heavy atom. The Kier molecular flexibility index (Phi) is 1.54.